The van der Waals surface area contributed by atoms with E-state index in [1.165, 1.54) is 173 Å². The van der Waals surface area contributed by atoms with Crippen molar-refractivity contribution < 1.29 is 28.6 Å². The minimum Gasteiger partial charge on any atom is -0.462 e. The van der Waals surface area contributed by atoms with Crippen molar-refractivity contribution in [2.75, 3.05) is 13.2 Å². The molecule has 1 unspecified atom stereocenters. The highest BCUT2D eigenvalue weighted by atomic mass is 16.6. The van der Waals surface area contributed by atoms with Crippen LogP contribution in [0.1, 0.15) is 329 Å². The molecule has 0 aromatic rings. The Morgan fingerprint density at radius 1 is 0.259 bits per heavy atom. The van der Waals surface area contributed by atoms with Crippen LogP contribution in [0.25, 0.3) is 0 Å². The van der Waals surface area contributed by atoms with Crippen LogP contribution in [-0.4, -0.2) is 37.2 Å². The topological polar surface area (TPSA) is 78.9 Å². The normalized spacial score (nSPS) is 12.8. The Labute approximate surface area is 501 Å². The van der Waals surface area contributed by atoms with Gasteiger partial charge in [-0.05, 0) is 122 Å². The molecule has 0 saturated heterocycles. The first kappa shape index (κ1) is 77.1. The summed E-state index contributed by atoms with van der Waals surface area (Å²) in [5.74, 6) is -0.885. The number of hydrogen-bond acceptors (Lipinski definition) is 6. The second-order valence-electron chi connectivity index (χ2n) is 22.7. The molecule has 0 saturated carbocycles. The molecule has 0 aromatic heterocycles. The molecular weight excluding hydrogens is 997 g/mol. The maximum Gasteiger partial charge on any atom is 0.306 e. The number of hydrogen-bond donors (Lipinski definition) is 0. The second kappa shape index (κ2) is 68.6. The van der Waals surface area contributed by atoms with E-state index in [0.29, 0.717) is 19.3 Å². The molecule has 0 N–H and O–H groups in total. The number of rotatable bonds is 62. The lowest BCUT2D eigenvalue weighted by molar-refractivity contribution is -0.167. The van der Waals surface area contributed by atoms with Crippen LogP contribution < -0.4 is 0 Å². The third-order valence-electron chi connectivity index (χ3n) is 14.7. The molecule has 0 aromatic carbocycles. The van der Waals surface area contributed by atoms with Gasteiger partial charge in [-0.15, -0.1) is 0 Å². The quantitative estimate of drug-likeness (QED) is 0.0261. The van der Waals surface area contributed by atoms with Crippen molar-refractivity contribution in [3.05, 3.63) is 109 Å². The smallest absolute Gasteiger partial charge is 0.306 e. The second-order valence-corrected chi connectivity index (χ2v) is 22.7. The first-order chi connectivity index (χ1) is 40.0. The van der Waals surface area contributed by atoms with Gasteiger partial charge in [0.05, 0.1) is 0 Å². The fourth-order valence-corrected chi connectivity index (χ4v) is 9.66. The van der Waals surface area contributed by atoms with Gasteiger partial charge in [0, 0.05) is 19.3 Å². The van der Waals surface area contributed by atoms with Crippen LogP contribution in [0.4, 0.5) is 0 Å². The SMILES string of the molecule is CC/C=C\C/C=C\C/C=C\C/C=C\C/C=C\CCCCCCCCCCCCCC(=O)OCC(COC(=O)CCCCCCCCC/C=C\C/C=C\C/C=C\CC)OC(=O)CCCCCCCCCCC/C=C\CCCCCCCC. The van der Waals surface area contributed by atoms with Crippen LogP contribution in [0.3, 0.4) is 0 Å². The average Bonchev–Trinajstić information content (AvgIpc) is 3.47. The van der Waals surface area contributed by atoms with Gasteiger partial charge in [-0.1, -0.05) is 297 Å². The molecule has 0 bridgehead atoms. The van der Waals surface area contributed by atoms with E-state index in [1.54, 1.807) is 0 Å². The number of carbonyl (C=O) groups is 3. The average molecular weight is 1130 g/mol. The zero-order chi connectivity index (χ0) is 58.5. The highest BCUT2D eigenvalue weighted by Crippen LogP contribution is 2.17. The standard InChI is InChI=1S/C75H128O6/c1-4-7-10-13-16-19-22-25-28-31-33-34-35-36-37-38-39-40-42-44-47-50-53-56-59-62-65-68-74(77)80-71-72(70-79-73(76)67-64-61-58-55-52-49-46-43-30-27-24-21-18-15-12-9-6-3)81-75(78)69-66-63-60-57-54-51-48-45-41-32-29-26-23-20-17-14-11-8-5-2/h7,9-10,12,16,18-19,21,25-30,33-34,36-37,72H,4-6,8,11,13-15,17,20,22-24,31-32,35,38-71H2,1-3H3/b10-7-,12-9-,19-16-,21-18-,28-25-,29-26-,30-27-,34-33-,37-36-. The van der Waals surface area contributed by atoms with E-state index in [4.69, 9.17) is 14.2 Å². The summed E-state index contributed by atoms with van der Waals surface area (Å²) < 4.78 is 17.0. The molecule has 0 aliphatic heterocycles. The van der Waals surface area contributed by atoms with E-state index in [-0.39, 0.29) is 31.1 Å². The largest absolute Gasteiger partial charge is 0.462 e. The van der Waals surface area contributed by atoms with Crippen LogP contribution in [0.5, 0.6) is 0 Å². The van der Waals surface area contributed by atoms with E-state index >= 15 is 0 Å². The molecule has 81 heavy (non-hydrogen) atoms. The van der Waals surface area contributed by atoms with Crippen molar-refractivity contribution in [2.45, 2.75) is 335 Å². The van der Waals surface area contributed by atoms with Crippen molar-refractivity contribution in [1.29, 1.82) is 0 Å². The molecular formula is C75H128O6. The first-order valence-corrected chi connectivity index (χ1v) is 34.4. The monoisotopic (exact) mass is 1120 g/mol. The van der Waals surface area contributed by atoms with Gasteiger partial charge in [0.25, 0.3) is 0 Å². The zero-order valence-electron chi connectivity index (χ0n) is 53.3. The van der Waals surface area contributed by atoms with Gasteiger partial charge in [0.15, 0.2) is 6.10 Å². The molecule has 0 amide bonds. The summed E-state index contributed by atoms with van der Waals surface area (Å²) >= 11 is 0. The number of esters is 3. The Morgan fingerprint density at radius 3 is 0.765 bits per heavy atom. The van der Waals surface area contributed by atoms with Crippen LogP contribution in [0.15, 0.2) is 109 Å². The number of ether oxygens (including phenoxy) is 3. The van der Waals surface area contributed by atoms with Crippen LogP contribution in [0.2, 0.25) is 0 Å². The molecule has 6 heteroatoms. The fraction of sp³-hybridized carbons (Fsp3) is 0.720. The lowest BCUT2D eigenvalue weighted by Crippen LogP contribution is -2.30. The Kier molecular flexibility index (Phi) is 65.2. The van der Waals surface area contributed by atoms with Gasteiger partial charge >= 0.3 is 17.9 Å². The summed E-state index contributed by atoms with van der Waals surface area (Å²) in [6, 6.07) is 0. The first-order valence-electron chi connectivity index (χ1n) is 34.4. The molecule has 0 rings (SSSR count). The zero-order valence-corrected chi connectivity index (χ0v) is 53.3. The van der Waals surface area contributed by atoms with Crippen molar-refractivity contribution in [3.8, 4) is 0 Å². The molecule has 464 valence electrons. The van der Waals surface area contributed by atoms with Gasteiger partial charge in [-0.2, -0.15) is 0 Å². The lowest BCUT2D eigenvalue weighted by atomic mass is 10.0. The molecule has 0 aliphatic rings. The van der Waals surface area contributed by atoms with Crippen LogP contribution in [-0.2, 0) is 28.6 Å². The highest BCUT2D eigenvalue weighted by Gasteiger charge is 2.19. The molecule has 0 aliphatic carbocycles. The summed E-state index contributed by atoms with van der Waals surface area (Å²) in [5, 5.41) is 0. The summed E-state index contributed by atoms with van der Waals surface area (Å²) in [7, 11) is 0. The summed E-state index contributed by atoms with van der Waals surface area (Å²) in [5.41, 5.74) is 0. The minimum atomic E-state index is -0.788. The van der Waals surface area contributed by atoms with E-state index < -0.39 is 6.10 Å². The summed E-state index contributed by atoms with van der Waals surface area (Å²) in [6.45, 7) is 6.44. The van der Waals surface area contributed by atoms with Crippen molar-refractivity contribution in [3.63, 3.8) is 0 Å². The maximum absolute atomic E-state index is 13.0. The number of carbonyl (C=O) groups excluding carboxylic acids is 3. The summed E-state index contributed by atoms with van der Waals surface area (Å²) in [6.07, 6.45) is 93.8. The van der Waals surface area contributed by atoms with E-state index in [2.05, 4.69) is 130 Å². The van der Waals surface area contributed by atoms with Crippen molar-refractivity contribution in [2.24, 2.45) is 0 Å². The number of allylic oxidation sites excluding steroid dienone is 18. The molecule has 0 fully saturated rings. The van der Waals surface area contributed by atoms with Gasteiger partial charge in [-0.25, -0.2) is 0 Å². The Bertz CT molecular complexity index is 1620. The molecule has 0 heterocycles. The molecule has 0 radical (unpaired) electrons. The molecule has 6 nitrogen and oxygen atoms in total. The predicted octanol–water partition coefficient (Wildman–Crippen LogP) is 23.8. The van der Waals surface area contributed by atoms with Crippen molar-refractivity contribution in [1.82, 2.24) is 0 Å². The van der Waals surface area contributed by atoms with E-state index in [0.717, 1.165) is 116 Å². The highest BCUT2D eigenvalue weighted by molar-refractivity contribution is 5.71. The predicted molar refractivity (Wildman–Crippen MR) is 353 cm³/mol. The minimum absolute atomic E-state index is 0.0828. The van der Waals surface area contributed by atoms with Crippen molar-refractivity contribution >= 4 is 17.9 Å². The summed E-state index contributed by atoms with van der Waals surface area (Å²) in [4.78, 5) is 38.5. The lowest BCUT2D eigenvalue weighted by Gasteiger charge is -2.18. The van der Waals surface area contributed by atoms with Crippen LogP contribution >= 0.6 is 0 Å². The van der Waals surface area contributed by atoms with Gasteiger partial charge in [-0.3, -0.25) is 14.4 Å². The van der Waals surface area contributed by atoms with Gasteiger partial charge in [0.1, 0.15) is 13.2 Å². The van der Waals surface area contributed by atoms with E-state index in [9.17, 15) is 14.4 Å². The van der Waals surface area contributed by atoms with Gasteiger partial charge in [0.2, 0.25) is 0 Å². The molecule has 1 atom stereocenters. The van der Waals surface area contributed by atoms with Gasteiger partial charge < -0.3 is 14.2 Å². The Balaban J connectivity index is 4.35. The third kappa shape index (κ3) is 66.8. The van der Waals surface area contributed by atoms with Crippen LogP contribution in [0, 0.1) is 0 Å². The molecule has 0 spiro atoms. The Hall–Kier alpha value is -3.93. The Morgan fingerprint density at radius 2 is 0.481 bits per heavy atom. The van der Waals surface area contributed by atoms with E-state index in [1.807, 2.05) is 0 Å². The maximum atomic E-state index is 13.0. The third-order valence-corrected chi connectivity index (χ3v) is 14.7. The fourth-order valence-electron chi connectivity index (χ4n) is 9.66. The number of unbranched alkanes of at least 4 members (excludes halogenated alkanes) is 33.